The summed E-state index contributed by atoms with van der Waals surface area (Å²) in [5.74, 6) is -9.23. The molecule has 3 amide bonds. The van der Waals surface area contributed by atoms with E-state index in [9.17, 15) is 36.3 Å². The van der Waals surface area contributed by atoms with Gasteiger partial charge in [-0.3, -0.25) is 19.3 Å². The van der Waals surface area contributed by atoms with E-state index in [0.717, 1.165) is 4.90 Å². The van der Waals surface area contributed by atoms with Crippen LogP contribution in [0.3, 0.4) is 0 Å². The number of nitrogens with zero attached hydrogens (tertiary/aromatic N) is 2. The van der Waals surface area contributed by atoms with Crippen LogP contribution in [0.2, 0.25) is 0 Å². The Labute approximate surface area is 232 Å². The number of carbonyl (C=O) groups excluding carboxylic acids is 3. The molecule has 220 valence electrons. The summed E-state index contributed by atoms with van der Waals surface area (Å²) in [6.45, 7) is -0.379. The molecule has 0 aromatic heterocycles. The number of aliphatic imine (C=N–C) groups is 1. The molecule has 2 aromatic rings. The number of primary amides is 1. The van der Waals surface area contributed by atoms with Gasteiger partial charge in [-0.05, 0) is 18.9 Å². The topological polar surface area (TPSA) is 114 Å². The van der Waals surface area contributed by atoms with Crippen LogP contribution in [-0.4, -0.2) is 54.8 Å². The Bertz CT molecular complexity index is 1330. The largest absolute Gasteiger partial charge is 0.485 e. The number of hydrogen-bond donors (Lipinski definition) is 2. The van der Waals surface area contributed by atoms with Crippen molar-refractivity contribution >= 4 is 29.1 Å². The average molecular weight is 581 g/mol. The molecule has 0 radical (unpaired) electrons. The molecule has 13 heteroatoms. The lowest BCUT2D eigenvalue weighted by atomic mass is 9.83. The van der Waals surface area contributed by atoms with Gasteiger partial charge in [0.2, 0.25) is 18.0 Å². The number of carbonyl (C=O) groups is 3. The van der Waals surface area contributed by atoms with Crippen molar-refractivity contribution in [1.82, 2.24) is 5.32 Å². The number of anilines is 1. The maximum absolute atomic E-state index is 14.8. The summed E-state index contributed by atoms with van der Waals surface area (Å²) in [6, 6.07) is 13.1. The maximum atomic E-state index is 14.8. The van der Waals surface area contributed by atoms with Crippen LogP contribution in [0, 0.1) is 11.8 Å². The van der Waals surface area contributed by atoms with E-state index in [4.69, 9.17) is 10.5 Å². The summed E-state index contributed by atoms with van der Waals surface area (Å²) in [4.78, 5) is 44.8. The standard InChI is InChI=1S/C28H29F5N4O4/c1-2-7-18(17(23(34)38)12-13-28(31,32)33)25(39)36-24-26(40)37-14-27(29,30)15-41-20-11-6-10-19(22(20)37)21(35-24)16-8-4-3-5-9-16/h3-6,8-11,17-18,24H,2,7,12-15H2,1H3,(H2,34,38)(H,36,39)/t17-,18+,24-/m1/s1. The van der Waals surface area contributed by atoms with E-state index < -0.39 is 73.8 Å². The molecule has 0 saturated heterocycles. The van der Waals surface area contributed by atoms with Crippen LogP contribution in [0.25, 0.3) is 0 Å². The van der Waals surface area contributed by atoms with Gasteiger partial charge in [-0.25, -0.2) is 13.8 Å². The van der Waals surface area contributed by atoms with E-state index in [1.165, 1.54) is 6.07 Å². The van der Waals surface area contributed by atoms with Gasteiger partial charge < -0.3 is 15.8 Å². The van der Waals surface area contributed by atoms with Crippen molar-refractivity contribution in [2.24, 2.45) is 22.6 Å². The first-order chi connectivity index (χ1) is 19.3. The fraction of sp³-hybridized carbons (Fsp3) is 0.429. The fourth-order valence-electron chi connectivity index (χ4n) is 5.09. The van der Waals surface area contributed by atoms with Crippen molar-refractivity contribution in [2.45, 2.75) is 50.9 Å². The van der Waals surface area contributed by atoms with Crippen molar-refractivity contribution in [2.75, 3.05) is 18.1 Å². The highest BCUT2D eigenvalue weighted by Gasteiger charge is 2.45. The smallest absolute Gasteiger partial charge is 0.389 e. The minimum absolute atomic E-state index is 0.00648. The zero-order valence-corrected chi connectivity index (χ0v) is 22.1. The van der Waals surface area contributed by atoms with Crippen LogP contribution in [0.5, 0.6) is 5.75 Å². The summed E-state index contributed by atoms with van der Waals surface area (Å²) in [6.07, 6.45) is -8.08. The molecule has 8 nitrogen and oxygen atoms in total. The zero-order valence-electron chi connectivity index (χ0n) is 22.1. The molecule has 0 unspecified atom stereocenters. The Hall–Kier alpha value is -4.03. The first-order valence-corrected chi connectivity index (χ1v) is 13.1. The molecule has 0 aliphatic carbocycles. The molecule has 0 bridgehead atoms. The van der Waals surface area contributed by atoms with Crippen molar-refractivity contribution in [1.29, 1.82) is 0 Å². The predicted octanol–water partition coefficient (Wildman–Crippen LogP) is 4.20. The second-order valence-corrected chi connectivity index (χ2v) is 10.0. The lowest BCUT2D eigenvalue weighted by molar-refractivity contribution is -0.146. The van der Waals surface area contributed by atoms with E-state index in [2.05, 4.69) is 10.3 Å². The van der Waals surface area contributed by atoms with Gasteiger partial charge in [0.05, 0.1) is 17.9 Å². The molecule has 2 heterocycles. The van der Waals surface area contributed by atoms with Gasteiger partial charge in [0.15, 0.2) is 6.61 Å². The second kappa shape index (κ2) is 11.8. The summed E-state index contributed by atoms with van der Waals surface area (Å²) in [5, 5.41) is 2.42. The highest BCUT2D eigenvalue weighted by Crippen LogP contribution is 2.40. The van der Waals surface area contributed by atoms with Gasteiger partial charge in [-0.2, -0.15) is 13.2 Å². The van der Waals surface area contributed by atoms with E-state index >= 15 is 0 Å². The highest BCUT2D eigenvalue weighted by atomic mass is 19.4. The lowest BCUT2D eigenvalue weighted by Gasteiger charge is -2.28. The summed E-state index contributed by atoms with van der Waals surface area (Å²) in [5.41, 5.74) is 6.48. The van der Waals surface area contributed by atoms with Crippen LogP contribution < -0.4 is 20.7 Å². The van der Waals surface area contributed by atoms with E-state index in [1.54, 1.807) is 49.4 Å². The van der Waals surface area contributed by atoms with Crippen LogP contribution >= 0.6 is 0 Å². The highest BCUT2D eigenvalue weighted by molar-refractivity contribution is 6.21. The van der Waals surface area contributed by atoms with Crippen LogP contribution in [-0.2, 0) is 14.4 Å². The molecule has 0 spiro atoms. The molecule has 0 saturated carbocycles. The molecule has 41 heavy (non-hydrogen) atoms. The molecule has 2 aromatic carbocycles. The number of benzene rings is 2. The number of ether oxygens (including phenoxy) is 1. The van der Waals surface area contributed by atoms with E-state index in [-0.39, 0.29) is 23.6 Å². The minimum atomic E-state index is -4.59. The van der Waals surface area contributed by atoms with Gasteiger partial charge in [-0.1, -0.05) is 55.8 Å². The van der Waals surface area contributed by atoms with Crippen LogP contribution in [0.15, 0.2) is 53.5 Å². The average Bonchev–Trinajstić information content (AvgIpc) is 3.12. The van der Waals surface area contributed by atoms with Crippen molar-refractivity contribution in [3.63, 3.8) is 0 Å². The van der Waals surface area contributed by atoms with E-state index in [0.29, 0.717) is 17.5 Å². The summed E-state index contributed by atoms with van der Waals surface area (Å²) >= 11 is 0. The first kappa shape index (κ1) is 29.9. The molecule has 2 aliphatic rings. The van der Waals surface area contributed by atoms with Gasteiger partial charge in [-0.15, -0.1) is 0 Å². The SMILES string of the molecule is CCC[C@H](C(=O)N[C@H]1N=C(c2ccccc2)c2cccc3c2N(CC(F)(F)CO3)C1=O)[C@@H](CCC(F)(F)F)C(N)=O. The van der Waals surface area contributed by atoms with Gasteiger partial charge >= 0.3 is 6.18 Å². The number of halogens is 5. The van der Waals surface area contributed by atoms with Gasteiger partial charge in [0.25, 0.3) is 11.8 Å². The Morgan fingerprint density at radius 1 is 1.12 bits per heavy atom. The number of rotatable bonds is 9. The quantitative estimate of drug-likeness (QED) is 0.433. The predicted molar refractivity (Wildman–Crippen MR) is 140 cm³/mol. The summed E-state index contributed by atoms with van der Waals surface area (Å²) < 4.78 is 73.7. The van der Waals surface area contributed by atoms with Crippen LogP contribution in [0.1, 0.15) is 43.7 Å². The lowest BCUT2D eigenvalue weighted by Crippen LogP contribution is -2.52. The second-order valence-electron chi connectivity index (χ2n) is 10.0. The normalized spacial score (nSPS) is 19.6. The van der Waals surface area contributed by atoms with Crippen LogP contribution in [0.4, 0.5) is 27.6 Å². The number of para-hydroxylation sites is 1. The molecular formula is C28H29F5N4O4. The third-order valence-electron chi connectivity index (χ3n) is 6.96. The third-order valence-corrected chi connectivity index (χ3v) is 6.96. The Balaban J connectivity index is 1.77. The fourth-order valence-corrected chi connectivity index (χ4v) is 5.09. The zero-order chi connectivity index (χ0) is 29.9. The van der Waals surface area contributed by atoms with Gasteiger partial charge in [0.1, 0.15) is 5.75 Å². The first-order valence-electron chi connectivity index (χ1n) is 13.1. The Morgan fingerprint density at radius 3 is 2.46 bits per heavy atom. The maximum Gasteiger partial charge on any atom is 0.389 e. The monoisotopic (exact) mass is 580 g/mol. The molecule has 2 aliphatic heterocycles. The minimum Gasteiger partial charge on any atom is -0.485 e. The Kier molecular flexibility index (Phi) is 8.64. The number of nitrogens with two attached hydrogens (primary N) is 1. The molecule has 3 atom stereocenters. The van der Waals surface area contributed by atoms with Crippen molar-refractivity contribution in [3.8, 4) is 5.75 Å². The van der Waals surface area contributed by atoms with Crippen molar-refractivity contribution in [3.05, 3.63) is 59.7 Å². The van der Waals surface area contributed by atoms with Gasteiger partial charge in [0, 0.05) is 29.4 Å². The molecular weight excluding hydrogens is 551 g/mol. The third kappa shape index (κ3) is 6.83. The van der Waals surface area contributed by atoms with E-state index in [1.807, 2.05) is 0 Å². The van der Waals surface area contributed by atoms with Crippen molar-refractivity contribution < 1.29 is 41.1 Å². The number of nitrogens with one attached hydrogen (secondary N) is 1. The summed E-state index contributed by atoms with van der Waals surface area (Å²) in [7, 11) is 0. The number of hydrogen-bond acceptors (Lipinski definition) is 5. The molecule has 0 fully saturated rings. The molecule has 4 rings (SSSR count). The Morgan fingerprint density at radius 2 is 1.83 bits per heavy atom. The number of alkyl halides is 5. The number of amides is 3. The molecule has 3 N–H and O–H groups in total.